The molecule has 0 radical (unpaired) electrons. The van der Waals surface area contributed by atoms with Crippen molar-refractivity contribution in [1.29, 1.82) is 0 Å². The van der Waals surface area contributed by atoms with Crippen LogP contribution in [-0.4, -0.2) is 65.7 Å². The third kappa shape index (κ3) is 7.17. The molecule has 2 fully saturated rings. The van der Waals surface area contributed by atoms with E-state index in [1.807, 2.05) is 13.0 Å². The van der Waals surface area contributed by atoms with Gasteiger partial charge in [-0.2, -0.15) is 0 Å². The molecule has 0 amide bonds. The lowest BCUT2D eigenvalue weighted by Gasteiger charge is -2.30. The number of hydroxylamine groups is 2. The van der Waals surface area contributed by atoms with E-state index in [0.717, 1.165) is 19.4 Å². The number of ether oxygens (including phenoxy) is 3. The lowest BCUT2D eigenvalue weighted by Crippen LogP contribution is -2.40. The van der Waals surface area contributed by atoms with Crippen LogP contribution >= 0.6 is 0 Å². The Labute approximate surface area is 210 Å². The number of hydrogen-bond donors (Lipinski definition) is 2. The third-order valence-electron chi connectivity index (χ3n) is 6.03. The maximum atomic E-state index is 14.8. The normalized spacial score (nSPS) is 18.8. The number of anilines is 3. The van der Waals surface area contributed by atoms with Crippen molar-refractivity contribution in [1.82, 2.24) is 15.0 Å². The molecule has 3 heterocycles. The fraction of sp³-hybridized carbons (Fsp3) is 0.560. The molecule has 0 bridgehead atoms. The molecule has 1 aromatic carbocycles. The number of nitrogens with one attached hydrogen (secondary N) is 2. The van der Waals surface area contributed by atoms with Crippen molar-refractivity contribution >= 4 is 23.3 Å². The Morgan fingerprint density at radius 3 is 2.75 bits per heavy atom. The monoisotopic (exact) mass is 503 g/mol. The molecule has 2 N–H and O–H groups in total. The molecule has 0 spiro atoms. The van der Waals surface area contributed by atoms with Crippen molar-refractivity contribution in [2.75, 3.05) is 36.9 Å². The number of piperidine rings is 1. The van der Waals surface area contributed by atoms with Gasteiger partial charge in [0, 0.05) is 44.8 Å². The quantitative estimate of drug-likeness (QED) is 0.472. The van der Waals surface area contributed by atoms with E-state index in [9.17, 15) is 9.18 Å². The van der Waals surface area contributed by atoms with Gasteiger partial charge in [0.1, 0.15) is 24.1 Å². The van der Waals surface area contributed by atoms with Gasteiger partial charge in [-0.1, -0.05) is 0 Å². The molecule has 11 heteroatoms. The molecular weight excluding hydrogens is 469 g/mol. The van der Waals surface area contributed by atoms with Crippen LogP contribution in [0.5, 0.6) is 5.88 Å². The summed E-state index contributed by atoms with van der Waals surface area (Å²) in [4.78, 5) is 25.4. The fourth-order valence-corrected chi connectivity index (χ4v) is 4.09. The molecule has 4 rings (SSSR count). The highest BCUT2D eigenvalue weighted by Gasteiger charge is 2.25. The van der Waals surface area contributed by atoms with Gasteiger partial charge in [0.15, 0.2) is 0 Å². The van der Waals surface area contributed by atoms with Crippen LogP contribution in [0.3, 0.4) is 0 Å². The number of halogens is 1. The van der Waals surface area contributed by atoms with Crippen molar-refractivity contribution in [3.05, 3.63) is 35.9 Å². The zero-order valence-corrected chi connectivity index (χ0v) is 21.0. The molecule has 196 valence electrons. The summed E-state index contributed by atoms with van der Waals surface area (Å²) in [5, 5.41) is 7.85. The first-order chi connectivity index (χ1) is 17.4. The Kier molecular flexibility index (Phi) is 8.76. The molecule has 0 aliphatic carbocycles. The first kappa shape index (κ1) is 25.9. The number of rotatable bonds is 9. The lowest BCUT2D eigenvalue weighted by molar-refractivity contribution is -0.151. The third-order valence-corrected chi connectivity index (χ3v) is 6.03. The Balaban J connectivity index is 1.30. The molecule has 2 aliphatic heterocycles. The topological polar surface area (TPSA) is 107 Å². The number of aromatic nitrogens is 2. The summed E-state index contributed by atoms with van der Waals surface area (Å²) in [6.07, 6.45) is 3.91. The van der Waals surface area contributed by atoms with Gasteiger partial charge in [-0.05, 0) is 51.8 Å². The summed E-state index contributed by atoms with van der Waals surface area (Å²) in [5.74, 6) is 0.508. The summed E-state index contributed by atoms with van der Waals surface area (Å²) in [6, 6.07) is 4.95. The summed E-state index contributed by atoms with van der Waals surface area (Å²) >= 11 is 0. The van der Waals surface area contributed by atoms with Gasteiger partial charge in [-0.25, -0.2) is 19.2 Å². The summed E-state index contributed by atoms with van der Waals surface area (Å²) in [7, 11) is 0. The van der Waals surface area contributed by atoms with E-state index in [1.54, 1.807) is 25.0 Å². The predicted molar refractivity (Wildman–Crippen MR) is 132 cm³/mol. The van der Waals surface area contributed by atoms with Crippen molar-refractivity contribution < 1.29 is 28.2 Å². The average molecular weight is 504 g/mol. The highest BCUT2D eigenvalue weighted by atomic mass is 19.1. The second-order valence-corrected chi connectivity index (χ2v) is 9.24. The number of carbonyl (C=O) groups excluding carboxylic acids is 1. The summed E-state index contributed by atoms with van der Waals surface area (Å²) in [6.45, 7) is 7.84. The SMILES string of the molecule is Cc1c(Nc2ccc(NCC3CCCO3)cc2F)ncnc1OC1CCN(OC(=O)OC(C)C)CC1. The lowest BCUT2D eigenvalue weighted by atomic mass is 10.1. The zero-order chi connectivity index (χ0) is 25.5. The van der Waals surface area contributed by atoms with Crippen molar-refractivity contribution in [3.63, 3.8) is 0 Å². The Bertz CT molecular complexity index is 1030. The van der Waals surface area contributed by atoms with Crippen LogP contribution in [0, 0.1) is 12.7 Å². The second kappa shape index (κ2) is 12.2. The summed E-state index contributed by atoms with van der Waals surface area (Å²) < 4.78 is 31.5. The zero-order valence-electron chi connectivity index (χ0n) is 21.0. The van der Waals surface area contributed by atoms with Gasteiger partial charge < -0.3 is 29.7 Å². The van der Waals surface area contributed by atoms with Crippen molar-refractivity contribution in [3.8, 4) is 5.88 Å². The first-order valence-corrected chi connectivity index (χ1v) is 12.4. The molecule has 2 aliphatic rings. The molecule has 0 saturated carbocycles. The number of nitrogens with zero attached hydrogens (tertiary/aromatic N) is 3. The number of hydrogen-bond acceptors (Lipinski definition) is 10. The first-order valence-electron chi connectivity index (χ1n) is 12.4. The molecule has 1 aromatic heterocycles. The molecule has 36 heavy (non-hydrogen) atoms. The second-order valence-electron chi connectivity index (χ2n) is 9.24. The van der Waals surface area contributed by atoms with Gasteiger partial charge in [-0.15, -0.1) is 5.06 Å². The average Bonchev–Trinajstić information content (AvgIpc) is 3.36. The minimum Gasteiger partial charge on any atom is -0.474 e. The molecular formula is C25H34FN5O5. The van der Waals surface area contributed by atoms with Crippen LogP contribution in [0.15, 0.2) is 24.5 Å². The van der Waals surface area contributed by atoms with E-state index in [0.29, 0.717) is 61.1 Å². The largest absolute Gasteiger partial charge is 0.528 e. The van der Waals surface area contributed by atoms with E-state index in [4.69, 9.17) is 19.0 Å². The van der Waals surface area contributed by atoms with Gasteiger partial charge in [0.05, 0.1) is 23.5 Å². The van der Waals surface area contributed by atoms with Crippen LogP contribution in [0.1, 0.15) is 45.1 Å². The Morgan fingerprint density at radius 2 is 2.06 bits per heavy atom. The molecule has 2 saturated heterocycles. The fourth-order valence-electron chi connectivity index (χ4n) is 4.09. The minimum absolute atomic E-state index is 0.0987. The molecule has 10 nitrogen and oxygen atoms in total. The van der Waals surface area contributed by atoms with Gasteiger partial charge >= 0.3 is 6.16 Å². The van der Waals surface area contributed by atoms with Crippen LogP contribution in [0.4, 0.5) is 26.4 Å². The van der Waals surface area contributed by atoms with E-state index >= 15 is 0 Å². The molecule has 1 unspecified atom stereocenters. The van der Waals surface area contributed by atoms with Crippen molar-refractivity contribution in [2.24, 2.45) is 0 Å². The molecule has 2 aromatic rings. The standard InChI is InChI=1S/C25H34FN5O5/c1-16(2)34-25(32)36-31-10-8-19(9-11-31)35-24-17(3)23(28-15-29-24)30-22-7-6-18(13-21(22)26)27-14-20-5-4-12-33-20/h6-7,13,15-16,19-20,27H,4-5,8-12,14H2,1-3H3,(H,28,29,30). The van der Waals surface area contributed by atoms with E-state index in [1.165, 1.54) is 12.4 Å². The Morgan fingerprint density at radius 1 is 1.25 bits per heavy atom. The highest BCUT2D eigenvalue weighted by Crippen LogP contribution is 2.28. The maximum Gasteiger partial charge on any atom is 0.528 e. The molecule has 1 atom stereocenters. The minimum atomic E-state index is -0.703. The van der Waals surface area contributed by atoms with Gasteiger partial charge in [0.25, 0.3) is 0 Å². The van der Waals surface area contributed by atoms with Crippen LogP contribution in [-0.2, 0) is 14.3 Å². The van der Waals surface area contributed by atoms with Crippen molar-refractivity contribution in [2.45, 2.75) is 64.8 Å². The van der Waals surface area contributed by atoms with Gasteiger partial charge in [0.2, 0.25) is 5.88 Å². The van der Waals surface area contributed by atoms with Crippen LogP contribution in [0.25, 0.3) is 0 Å². The highest BCUT2D eigenvalue weighted by molar-refractivity contribution is 5.64. The van der Waals surface area contributed by atoms with E-state index in [2.05, 4.69) is 20.6 Å². The smallest absolute Gasteiger partial charge is 0.474 e. The van der Waals surface area contributed by atoms with Crippen LogP contribution < -0.4 is 15.4 Å². The van der Waals surface area contributed by atoms with E-state index in [-0.39, 0.29) is 18.3 Å². The number of benzene rings is 1. The van der Waals surface area contributed by atoms with Crippen LogP contribution in [0.2, 0.25) is 0 Å². The predicted octanol–water partition coefficient (Wildman–Crippen LogP) is 4.58. The Hall–Kier alpha value is -3.18. The van der Waals surface area contributed by atoms with E-state index < -0.39 is 12.0 Å². The number of carbonyl (C=O) groups is 1. The summed E-state index contributed by atoms with van der Waals surface area (Å²) in [5.41, 5.74) is 1.69. The maximum absolute atomic E-state index is 14.8. The van der Waals surface area contributed by atoms with Gasteiger partial charge in [-0.3, -0.25) is 0 Å².